The van der Waals surface area contributed by atoms with Crippen molar-refractivity contribution in [3.8, 4) is 0 Å². The van der Waals surface area contributed by atoms with Gasteiger partial charge in [0.1, 0.15) is 5.82 Å². The van der Waals surface area contributed by atoms with E-state index in [9.17, 15) is 4.39 Å². The predicted molar refractivity (Wildman–Crippen MR) is 74.0 cm³/mol. The summed E-state index contributed by atoms with van der Waals surface area (Å²) in [5, 5.41) is 4.00. The first kappa shape index (κ1) is 12.0. The third kappa shape index (κ3) is 3.87. The second kappa shape index (κ2) is 6.35. The molecule has 3 heteroatoms. The maximum atomic E-state index is 12.6. The summed E-state index contributed by atoms with van der Waals surface area (Å²) < 4.78 is 12.6. The maximum absolute atomic E-state index is 12.6. The Hall–Kier alpha value is -2.42. The van der Waals surface area contributed by atoms with E-state index < -0.39 is 0 Å². The topological polar surface area (TPSA) is 24.4 Å². The highest BCUT2D eigenvalue weighted by atomic mass is 19.1. The van der Waals surface area contributed by atoms with Gasteiger partial charge in [-0.2, -0.15) is 5.10 Å². The molecule has 0 aliphatic heterocycles. The van der Waals surface area contributed by atoms with Gasteiger partial charge in [0.25, 0.3) is 0 Å². The Labute approximate surface area is 105 Å². The van der Waals surface area contributed by atoms with Gasteiger partial charge >= 0.3 is 0 Å². The van der Waals surface area contributed by atoms with Gasteiger partial charge in [0.2, 0.25) is 0 Å². The average molecular weight is 240 g/mol. The third-order valence-electron chi connectivity index (χ3n) is 2.29. The van der Waals surface area contributed by atoms with Crippen LogP contribution in [0.2, 0.25) is 0 Å². The van der Waals surface area contributed by atoms with E-state index in [4.69, 9.17) is 0 Å². The number of allylic oxidation sites excluding steroid dienone is 1. The largest absolute Gasteiger partial charge is 0.279 e. The van der Waals surface area contributed by atoms with Gasteiger partial charge in [0.05, 0.1) is 5.69 Å². The number of halogens is 1. The van der Waals surface area contributed by atoms with Crippen LogP contribution in [-0.2, 0) is 0 Å². The molecule has 0 bridgehead atoms. The third-order valence-corrected chi connectivity index (χ3v) is 2.29. The van der Waals surface area contributed by atoms with Crippen molar-refractivity contribution in [3.63, 3.8) is 0 Å². The Balaban J connectivity index is 1.85. The van der Waals surface area contributed by atoms with Crippen LogP contribution in [0.5, 0.6) is 0 Å². The SMILES string of the molecule is Fc1ccc(NN=C/C=C/c2ccccc2)cc1. The van der Waals surface area contributed by atoms with E-state index in [-0.39, 0.29) is 5.82 Å². The molecule has 0 saturated heterocycles. The van der Waals surface area contributed by atoms with E-state index in [0.717, 1.165) is 11.3 Å². The van der Waals surface area contributed by atoms with Gasteiger partial charge in [0.15, 0.2) is 0 Å². The van der Waals surface area contributed by atoms with Gasteiger partial charge in [-0.1, -0.05) is 36.4 Å². The lowest BCUT2D eigenvalue weighted by Gasteiger charge is -1.97. The lowest BCUT2D eigenvalue weighted by Crippen LogP contribution is -1.87. The molecule has 0 saturated carbocycles. The fourth-order valence-electron chi connectivity index (χ4n) is 1.40. The van der Waals surface area contributed by atoms with E-state index in [1.165, 1.54) is 12.1 Å². The highest BCUT2D eigenvalue weighted by molar-refractivity contribution is 5.78. The molecule has 0 radical (unpaired) electrons. The summed E-state index contributed by atoms with van der Waals surface area (Å²) in [7, 11) is 0. The van der Waals surface area contributed by atoms with Crippen LogP contribution in [0.15, 0.2) is 65.8 Å². The molecule has 0 heterocycles. The van der Waals surface area contributed by atoms with E-state index >= 15 is 0 Å². The highest BCUT2D eigenvalue weighted by Gasteiger charge is 1.89. The standard InChI is InChI=1S/C15H13FN2/c16-14-8-10-15(11-9-14)18-17-12-4-7-13-5-2-1-3-6-13/h1-12,18H/b7-4+,17-12?. The zero-order valence-electron chi connectivity index (χ0n) is 9.75. The zero-order valence-corrected chi connectivity index (χ0v) is 9.75. The second-order valence-electron chi connectivity index (χ2n) is 3.67. The second-order valence-corrected chi connectivity index (χ2v) is 3.67. The number of hydrogen-bond donors (Lipinski definition) is 1. The minimum absolute atomic E-state index is 0.256. The van der Waals surface area contributed by atoms with Crippen molar-refractivity contribution >= 4 is 18.0 Å². The molecule has 0 atom stereocenters. The molecule has 0 unspecified atom stereocenters. The molecule has 0 aliphatic carbocycles. The van der Waals surface area contributed by atoms with Crippen molar-refractivity contribution in [2.75, 3.05) is 5.43 Å². The molecule has 2 aromatic rings. The van der Waals surface area contributed by atoms with E-state index in [2.05, 4.69) is 10.5 Å². The minimum atomic E-state index is -0.256. The zero-order chi connectivity index (χ0) is 12.6. The first-order valence-electron chi connectivity index (χ1n) is 5.61. The van der Waals surface area contributed by atoms with Crippen LogP contribution in [0.1, 0.15) is 5.56 Å². The average Bonchev–Trinajstić information content (AvgIpc) is 2.42. The number of hydrogen-bond acceptors (Lipinski definition) is 2. The first-order chi connectivity index (χ1) is 8.84. The lowest BCUT2D eigenvalue weighted by atomic mass is 10.2. The molecule has 0 fully saturated rings. The number of nitrogens with one attached hydrogen (secondary N) is 1. The molecule has 0 spiro atoms. The summed E-state index contributed by atoms with van der Waals surface area (Å²) in [4.78, 5) is 0. The number of anilines is 1. The van der Waals surface area contributed by atoms with Gasteiger partial charge in [-0.15, -0.1) is 0 Å². The van der Waals surface area contributed by atoms with E-state index in [1.807, 2.05) is 42.5 Å². The summed E-state index contributed by atoms with van der Waals surface area (Å²) >= 11 is 0. The van der Waals surface area contributed by atoms with Gasteiger partial charge in [-0.3, -0.25) is 5.43 Å². The highest BCUT2D eigenvalue weighted by Crippen LogP contribution is 2.07. The molecule has 1 N–H and O–H groups in total. The molecule has 90 valence electrons. The van der Waals surface area contributed by atoms with E-state index in [0.29, 0.717) is 0 Å². The molecule has 0 aromatic heterocycles. The van der Waals surface area contributed by atoms with E-state index in [1.54, 1.807) is 18.3 Å². The van der Waals surface area contributed by atoms with Crippen LogP contribution in [0.3, 0.4) is 0 Å². The van der Waals surface area contributed by atoms with Crippen molar-refractivity contribution in [2.24, 2.45) is 5.10 Å². The van der Waals surface area contributed by atoms with Crippen molar-refractivity contribution in [1.82, 2.24) is 0 Å². The van der Waals surface area contributed by atoms with Crippen LogP contribution >= 0.6 is 0 Å². The fraction of sp³-hybridized carbons (Fsp3) is 0. The number of nitrogens with zero attached hydrogens (tertiary/aromatic N) is 1. The first-order valence-corrected chi connectivity index (χ1v) is 5.61. The Kier molecular flexibility index (Phi) is 4.25. The Morgan fingerprint density at radius 2 is 1.67 bits per heavy atom. The molecule has 2 aromatic carbocycles. The Bertz CT molecular complexity index is 530. The summed E-state index contributed by atoms with van der Waals surface area (Å²) in [5.74, 6) is -0.256. The van der Waals surface area contributed by atoms with Gasteiger partial charge in [0, 0.05) is 6.21 Å². The molecule has 0 aliphatic rings. The predicted octanol–water partition coefficient (Wildman–Crippen LogP) is 3.94. The normalized spacial score (nSPS) is 11.2. The molecule has 0 amide bonds. The van der Waals surface area contributed by atoms with Gasteiger partial charge in [-0.25, -0.2) is 4.39 Å². The van der Waals surface area contributed by atoms with Gasteiger partial charge < -0.3 is 0 Å². The molecule has 2 nitrogen and oxygen atoms in total. The van der Waals surface area contributed by atoms with Crippen LogP contribution in [0.4, 0.5) is 10.1 Å². The number of benzene rings is 2. The molecule has 18 heavy (non-hydrogen) atoms. The monoisotopic (exact) mass is 240 g/mol. The van der Waals surface area contributed by atoms with Crippen LogP contribution in [-0.4, -0.2) is 6.21 Å². The molecular formula is C15H13FN2. The van der Waals surface area contributed by atoms with Crippen molar-refractivity contribution in [2.45, 2.75) is 0 Å². The van der Waals surface area contributed by atoms with Gasteiger partial charge in [-0.05, 0) is 35.9 Å². The van der Waals surface area contributed by atoms with Crippen LogP contribution in [0.25, 0.3) is 6.08 Å². The summed E-state index contributed by atoms with van der Waals surface area (Å²) in [6, 6.07) is 16.0. The smallest absolute Gasteiger partial charge is 0.123 e. The summed E-state index contributed by atoms with van der Waals surface area (Å²) in [6.07, 6.45) is 5.44. The Morgan fingerprint density at radius 3 is 2.39 bits per heavy atom. The number of rotatable bonds is 4. The molecule has 2 rings (SSSR count). The minimum Gasteiger partial charge on any atom is -0.279 e. The number of hydrazone groups is 1. The van der Waals surface area contributed by atoms with Crippen LogP contribution < -0.4 is 5.43 Å². The lowest BCUT2D eigenvalue weighted by molar-refractivity contribution is 0.628. The summed E-state index contributed by atoms with van der Waals surface area (Å²) in [5.41, 5.74) is 4.68. The maximum Gasteiger partial charge on any atom is 0.123 e. The van der Waals surface area contributed by atoms with Crippen LogP contribution in [0, 0.1) is 5.82 Å². The quantitative estimate of drug-likeness (QED) is 0.635. The van der Waals surface area contributed by atoms with Crippen molar-refractivity contribution in [3.05, 3.63) is 72.1 Å². The molecular weight excluding hydrogens is 227 g/mol. The van der Waals surface area contributed by atoms with Crippen molar-refractivity contribution < 1.29 is 4.39 Å². The Morgan fingerprint density at radius 1 is 0.944 bits per heavy atom. The summed E-state index contributed by atoms with van der Waals surface area (Å²) in [6.45, 7) is 0. The van der Waals surface area contributed by atoms with Crippen molar-refractivity contribution in [1.29, 1.82) is 0 Å². The fourth-order valence-corrected chi connectivity index (χ4v) is 1.40.